The Morgan fingerprint density at radius 1 is 1.36 bits per heavy atom. The van der Waals surface area contributed by atoms with Crippen molar-refractivity contribution >= 4 is 11.7 Å². The fourth-order valence-corrected chi connectivity index (χ4v) is 3.29. The molecule has 5 heteroatoms. The highest BCUT2D eigenvalue weighted by molar-refractivity contribution is 6.01. The molecule has 1 aliphatic rings. The lowest BCUT2D eigenvalue weighted by Gasteiger charge is -2.17. The van der Waals surface area contributed by atoms with Gasteiger partial charge in [0.15, 0.2) is 5.82 Å². The van der Waals surface area contributed by atoms with Gasteiger partial charge in [0.2, 0.25) is 5.91 Å². The Morgan fingerprint density at radius 3 is 2.68 bits per heavy atom. The van der Waals surface area contributed by atoms with Gasteiger partial charge in [-0.1, -0.05) is 19.1 Å². The minimum absolute atomic E-state index is 0.0206. The smallest absolute Gasteiger partial charge is 0.236 e. The first kappa shape index (κ1) is 17.5. The van der Waals surface area contributed by atoms with E-state index in [1.54, 1.807) is 7.11 Å². The van der Waals surface area contributed by atoms with Gasteiger partial charge in [-0.2, -0.15) is 5.10 Å². The highest BCUT2D eigenvalue weighted by Gasteiger charge is 2.51. The molecule has 0 radical (unpaired) electrons. The fourth-order valence-electron chi connectivity index (χ4n) is 3.29. The molecule has 0 aliphatic heterocycles. The molecule has 134 valence electrons. The lowest BCUT2D eigenvalue weighted by atomic mass is 9.93. The molecule has 1 fully saturated rings. The van der Waals surface area contributed by atoms with Crippen molar-refractivity contribution in [2.75, 3.05) is 12.4 Å². The molecule has 0 saturated heterocycles. The topological polar surface area (TPSA) is 56.2 Å². The van der Waals surface area contributed by atoms with E-state index in [4.69, 9.17) is 4.74 Å². The molecule has 1 aromatic carbocycles. The van der Waals surface area contributed by atoms with E-state index in [9.17, 15) is 4.79 Å². The van der Waals surface area contributed by atoms with Gasteiger partial charge in [-0.05, 0) is 57.2 Å². The molecule has 1 heterocycles. The molecule has 1 amide bonds. The maximum Gasteiger partial charge on any atom is 0.236 e. The normalized spacial score (nSPS) is 16.4. The quantitative estimate of drug-likeness (QED) is 0.859. The first-order valence-electron chi connectivity index (χ1n) is 8.94. The van der Waals surface area contributed by atoms with Crippen molar-refractivity contribution in [1.82, 2.24) is 9.78 Å². The molecular weight excluding hydrogens is 314 g/mol. The second kappa shape index (κ2) is 6.54. The van der Waals surface area contributed by atoms with E-state index in [-0.39, 0.29) is 5.91 Å². The Balaban J connectivity index is 1.81. The first-order valence-corrected chi connectivity index (χ1v) is 8.94. The van der Waals surface area contributed by atoms with Gasteiger partial charge in [0, 0.05) is 17.8 Å². The zero-order valence-electron chi connectivity index (χ0n) is 15.7. The Kier molecular flexibility index (Phi) is 4.58. The molecule has 1 aliphatic carbocycles. The number of benzene rings is 1. The number of aryl methyl sites for hydroxylation is 2. The highest BCUT2D eigenvalue weighted by atomic mass is 16.5. The van der Waals surface area contributed by atoms with Crippen molar-refractivity contribution in [2.24, 2.45) is 0 Å². The van der Waals surface area contributed by atoms with Crippen LogP contribution in [0.5, 0.6) is 5.75 Å². The number of nitrogens with zero attached hydrogens (tertiary/aromatic N) is 2. The van der Waals surface area contributed by atoms with Gasteiger partial charge in [-0.3, -0.25) is 9.48 Å². The summed E-state index contributed by atoms with van der Waals surface area (Å²) in [4.78, 5) is 12.9. The van der Waals surface area contributed by atoms with Crippen LogP contribution in [0.4, 0.5) is 5.82 Å². The zero-order valence-corrected chi connectivity index (χ0v) is 15.7. The number of ether oxygens (including phenoxy) is 1. The molecule has 25 heavy (non-hydrogen) atoms. The molecule has 0 spiro atoms. The van der Waals surface area contributed by atoms with E-state index < -0.39 is 5.41 Å². The van der Waals surface area contributed by atoms with Crippen LogP contribution in [-0.2, 0) is 10.2 Å². The first-order chi connectivity index (χ1) is 11.9. The van der Waals surface area contributed by atoms with E-state index >= 15 is 0 Å². The van der Waals surface area contributed by atoms with Crippen LogP contribution < -0.4 is 10.1 Å². The summed E-state index contributed by atoms with van der Waals surface area (Å²) in [6, 6.07) is 8.30. The van der Waals surface area contributed by atoms with E-state index in [0.717, 1.165) is 41.8 Å². The predicted octanol–water partition coefficient (Wildman–Crippen LogP) is 4.15. The molecule has 1 aromatic heterocycles. The van der Waals surface area contributed by atoms with Crippen molar-refractivity contribution in [1.29, 1.82) is 0 Å². The van der Waals surface area contributed by atoms with Crippen molar-refractivity contribution in [2.45, 2.75) is 58.4 Å². The number of hydrogen-bond acceptors (Lipinski definition) is 3. The Hall–Kier alpha value is -2.30. The van der Waals surface area contributed by atoms with Gasteiger partial charge in [-0.15, -0.1) is 0 Å². The summed E-state index contributed by atoms with van der Waals surface area (Å²) >= 11 is 0. The van der Waals surface area contributed by atoms with Crippen LogP contribution in [-0.4, -0.2) is 22.8 Å². The van der Waals surface area contributed by atoms with Crippen LogP contribution in [0.15, 0.2) is 24.3 Å². The Morgan fingerprint density at radius 2 is 2.08 bits per heavy atom. The molecule has 0 bridgehead atoms. The lowest BCUT2D eigenvalue weighted by Crippen LogP contribution is -2.28. The average molecular weight is 341 g/mol. The largest absolute Gasteiger partial charge is 0.496 e. The van der Waals surface area contributed by atoms with Gasteiger partial charge in [-0.25, -0.2) is 0 Å². The summed E-state index contributed by atoms with van der Waals surface area (Å²) < 4.78 is 7.39. The van der Waals surface area contributed by atoms with Gasteiger partial charge in [0.05, 0.1) is 12.5 Å². The number of methoxy groups -OCH3 is 1. The summed E-state index contributed by atoms with van der Waals surface area (Å²) in [6.45, 7) is 8.29. The van der Waals surface area contributed by atoms with Gasteiger partial charge in [0.25, 0.3) is 0 Å². The van der Waals surface area contributed by atoms with E-state index in [2.05, 4.69) is 24.3 Å². The van der Waals surface area contributed by atoms with Crippen molar-refractivity contribution in [3.05, 3.63) is 41.1 Å². The summed E-state index contributed by atoms with van der Waals surface area (Å²) in [6.07, 6.45) is 2.72. The van der Waals surface area contributed by atoms with E-state index in [1.807, 2.05) is 42.8 Å². The molecule has 5 nitrogen and oxygen atoms in total. The zero-order chi connectivity index (χ0) is 18.2. The minimum atomic E-state index is -0.449. The van der Waals surface area contributed by atoms with Crippen molar-refractivity contribution in [3.63, 3.8) is 0 Å². The van der Waals surface area contributed by atoms with Crippen LogP contribution in [0.3, 0.4) is 0 Å². The van der Waals surface area contributed by atoms with E-state index in [1.165, 1.54) is 0 Å². The summed E-state index contributed by atoms with van der Waals surface area (Å²) in [5.74, 6) is 1.48. The second-order valence-corrected chi connectivity index (χ2v) is 7.09. The maximum absolute atomic E-state index is 12.9. The number of nitrogens with one attached hydrogen (secondary N) is 1. The Labute approximate surface area is 149 Å². The molecule has 3 rings (SSSR count). The van der Waals surface area contributed by atoms with Gasteiger partial charge < -0.3 is 10.1 Å². The van der Waals surface area contributed by atoms with Crippen molar-refractivity contribution < 1.29 is 9.53 Å². The third kappa shape index (κ3) is 3.15. The molecule has 0 unspecified atom stereocenters. The minimum Gasteiger partial charge on any atom is -0.496 e. The summed E-state index contributed by atoms with van der Waals surface area (Å²) in [5.41, 5.74) is 2.71. The number of carbonyl (C=O) groups excluding carboxylic acids is 1. The molecular formula is C20H27N3O2. The monoisotopic (exact) mass is 341 g/mol. The number of hydrogen-bond donors (Lipinski definition) is 1. The molecule has 2 aromatic rings. The summed E-state index contributed by atoms with van der Waals surface area (Å²) in [7, 11) is 1.66. The fraction of sp³-hybridized carbons (Fsp3) is 0.500. The van der Waals surface area contributed by atoms with E-state index in [0.29, 0.717) is 11.9 Å². The third-order valence-corrected chi connectivity index (χ3v) is 5.32. The van der Waals surface area contributed by atoms with Crippen LogP contribution in [0.1, 0.15) is 56.0 Å². The van der Waals surface area contributed by atoms with Gasteiger partial charge in [0.1, 0.15) is 5.75 Å². The number of aromatic nitrogens is 2. The maximum atomic E-state index is 12.9. The Bertz CT molecular complexity index is 790. The second-order valence-electron chi connectivity index (χ2n) is 7.09. The molecule has 1 saturated carbocycles. The number of rotatable bonds is 6. The predicted molar refractivity (Wildman–Crippen MR) is 99.2 cm³/mol. The number of carbonyl (C=O) groups is 1. The van der Waals surface area contributed by atoms with Crippen LogP contribution in [0, 0.1) is 13.8 Å². The van der Waals surface area contributed by atoms with Crippen molar-refractivity contribution in [3.8, 4) is 5.75 Å². The SMILES string of the molecule is CC[C@H](C)n1nc(NC(=O)C2(c3ccc(C)c(OC)c3)CC2)cc1C. The molecule has 1 atom stereocenters. The third-order valence-electron chi connectivity index (χ3n) is 5.32. The standard InChI is InChI=1S/C20H27N3O2/c1-6-14(3)23-15(4)11-18(22-23)21-19(24)20(9-10-20)16-8-7-13(2)17(12-16)25-5/h7-8,11-12,14H,6,9-10H2,1-5H3,(H,21,22,24)/t14-/m0/s1. The number of amides is 1. The van der Waals surface area contributed by atoms with Crippen LogP contribution in [0.2, 0.25) is 0 Å². The number of anilines is 1. The van der Waals surface area contributed by atoms with Crippen LogP contribution in [0.25, 0.3) is 0 Å². The van der Waals surface area contributed by atoms with Gasteiger partial charge >= 0.3 is 0 Å². The van der Waals surface area contributed by atoms with Crippen LogP contribution >= 0.6 is 0 Å². The summed E-state index contributed by atoms with van der Waals surface area (Å²) in [5, 5.41) is 7.59. The molecule has 1 N–H and O–H groups in total. The average Bonchev–Trinajstić information content (AvgIpc) is 3.33. The lowest BCUT2D eigenvalue weighted by molar-refractivity contribution is -0.118. The highest BCUT2D eigenvalue weighted by Crippen LogP contribution is 2.50.